The number of fused-ring (bicyclic) bond motifs is 1. The summed E-state index contributed by atoms with van der Waals surface area (Å²) in [6.45, 7) is 3.70. The van der Waals surface area contributed by atoms with Crippen molar-refractivity contribution in [3.8, 4) is 0 Å². The van der Waals surface area contributed by atoms with E-state index in [1.165, 1.54) is 19.3 Å². The highest BCUT2D eigenvalue weighted by atomic mass is 35.5. The molecule has 4 nitrogen and oxygen atoms in total. The Morgan fingerprint density at radius 3 is 3.00 bits per heavy atom. The van der Waals surface area contributed by atoms with Crippen molar-refractivity contribution >= 4 is 29.9 Å². The third-order valence-electron chi connectivity index (χ3n) is 6.07. The number of carbonyl (C=O) groups is 1. The average Bonchev–Trinajstić information content (AvgIpc) is 3.07. The molecule has 3 aliphatic rings. The maximum absolute atomic E-state index is 13.4. The summed E-state index contributed by atoms with van der Waals surface area (Å²) < 4.78 is 5.93. The molecule has 1 unspecified atom stereocenters. The Hall–Kier alpha value is -0.810. The molecule has 138 valence electrons. The van der Waals surface area contributed by atoms with Crippen LogP contribution in [0.25, 0.3) is 0 Å². The molecule has 0 bridgehead atoms. The lowest BCUT2D eigenvalue weighted by molar-refractivity contribution is -0.153. The van der Waals surface area contributed by atoms with Gasteiger partial charge in [-0.05, 0) is 31.4 Å². The van der Waals surface area contributed by atoms with Crippen LogP contribution in [0.5, 0.6) is 0 Å². The fourth-order valence-corrected chi connectivity index (χ4v) is 5.00. The van der Waals surface area contributed by atoms with Gasteiger partial charge in [-0.1, -0.05) is 42.6 Å². The average molecular weight is 385 g/mol. The molecule has 1 amide bonds. The Morgan fingerprint density at radius 2 is 2.16 bits per heavy atom. The molecule has 4 rings (SSSR count). The first-order valence-corrected chi connectivity index (χ1v) is 9.45. The highest BCUT2D eigenvalue weighted by Crippen LogP contribution is 2.45. The predicted octanol–water partition coefficient (Wildman–Crippen LogP) is 3.44. The minimum absolute atomic E-state index is 0. The van der Waals surface area contributed by atoms with Crippen LogP contribution in [0, 0.1) is 11.3 Å². The third kappa shape index (κ3) is 3.42. The standard InChI is InChI=1S/C19H25ClN2O2.ClH/c20-16-7-2-1-6-15(16)17-12-22(9-10-24-17)18(23)19-8-4-3-5-14(19)11-21-13-19;/h1-2,6-7,14,17,21H,3-5,8-13H2;1H/t14-,17?,19+;/m0./s1. The van der Waals surface area contributed by atoms with Gasteiger partial charge in [0.05, 0.1) is 18.6 Å². The van der Waals surface area contributed by atoms with Gasteiger partial charge >= 0.3 is 0 Å². The number of benzene rings is 1. The number of hydrogen-bond donors (Lipinski definition) is 1. The summed E-state index contributed by atoms with van der Waals surface area (Å²) >= 11 is 6.33. The molecule has 0 spiro atoms. The van der Waals surface area contributed by atoms with Crippen molar-refractivity contribution in [2.24, 2.45) is 11.3 Å². The maximum Gasteiger partial charge on any atom is 0.230 e. The second-order valence-electron chi connectivity index (χ2n) is 7.36. The first-order valence-electron chi connectivity index (χ1n) is 9.07. The summed E-state index contributed by atoms with van der Waals surface area (Å²) in [5.74, 6) is 0.831. The van der Waals surface area contributed by atoms with Crippen LogP contribution in [0.2, 0.25) is 5.02 Å². The van der Waals surface area contributed by atoms with Gasteiger partial charge in [0.15, 0.2) is 0 Å². The van der Waals surface area contributed by atoms with Gasteiger partial charge in [0, 0.05) is 23.7 Å². The predicted molar refractivity (Wildman–Crippen MR) is 101 cm³/mol. The first kappa shape index (κ1) is 19.0. The van der Waals surface area contributed by atoms with Crippen LogP contribution in [0.1, 0.15) is 37.4 Å². The van der Waals surface area contributed by atoms with Crippen LogP contribution in [0.4, 0.5) is 0 Å². The molecule has 1 saturated carbocycles. The first-order chi connectivity index (χ1) is 11.7. The van der Waals surface area contributed by atoms with Crippen molar-refractivity contribution < 1.29 is 9.53 Å². The molecule has 6 heteroatoms. The van der Waals surface area contributed by atoms with Crippen molar-refractivity contribution in [1.82, 2.24) is 10.2 Å². The molecular formula is C19H26Cl2N2O2. The number of nitrogens with zero attached hydrogens (tertiary/aromatic N) is 1. The highest BCUT2D eigenvalue weighted by molar-refractivity contribution is 6.31. The molecule has 25 heavy (non-hydrogen) atoms. The number of amides is 1. The second kappa shape index (κ2) is 7.83. The summed E-state index contributed by atoms with van der Waals surface area (Å²) in [6.07, 6.45) is 4.51. The van der Waals surface area contributed by atoms with E-state index < -0.39 is 0 Å². The van der Waals surface area contributed by atoms with E-state index in [1.54, 1.807) is 0 Å². The van der Waals surface area contributed by atoms with Crippen LogP contribution >= 0.6 is 24.0 Å². The fraction of sp³-hybridized carbons (Fsp3) is 0.632. The monoisotopic (exact) mass is 384 g/mol. The molecule has 0 radical (unpaired) electrons. The molecule has 2 heterocycles. The summed E-state index contributed by atoms with van der Waals surface area (Å²) in [5, 5.41) is 4.19. The summed E-state index contributed by atoms with van der Waals surface area (Å²) in [6, 6.07) is 7.78. The number of morpholine rings is 1. The van der Waals surface area contributed by atoms with Gasteiger partial charge in [-0.15, -0.1) is 12.4 Å². The topological polar surface area (TPSA) is 41.6 Å². The van der Waals surface area contributed by atoms with E-state index in [0.29, 0.717) is 36.5 Å². The van der Waals surface area contributed by atoms with Crippen molar-refractivity contribution in [3.63, 3.8) is 0 Å². The van der Waals surface area contributed by atoms with E-state index in [1.807, 2.05) is 29.2 Å². The van der Waals surface area contributed by atoms with Gasteiger partial charge < -0.3 is 15.0 Å². The fourth-order valence-electron chi connectivity index (χ4n) is 4.74. The van der Waals surface area contributed by atoms with E-state index in [9.17, 15) is 4.79 Å². The van der Waals surface area contributed by atoms with Crippen LogP contribution < -0.4 is 5.32 Å². The Labute approximate surface area is 160 Å². The second-order valence-corrected chi connectivity index (χ2v) is 7.77. The minimum atomic E-state index is -0.180. The summed E-state index contributed by atoms with van der Waals surface area (Å²) in [4.78, 5) is 15.4. The Morgan fingerprint density at radius 1 is 1.32 bits per heavy atom. The van der Waals surface area contributed by atoms with Crippen LogP contribution in [0.15, 0.2) is 24.3 Å². The van der Waals surface area contributed by atoms with E-state index in [2.05, 4.69) is 5.32 Å². The van der Waals surface area contributed by atoms with E-state index in [-0.39, 0.29) is 23.9 Å². The third-order valence-corrected chi connectivity index (χ3v) is 6.41. The van der Waals surface area contributed by atoms with E-state index >= 15 is 0 Å². The SMILES string of the molecule is Cl.O=C(N1CCOC(c2ccccc2Cl)C1)[C@@]12CCCC[C@H]1CNC2. The number of halogens is 2. The number of hydrogen-bond acceptors (Lipinski definition) is 3. The van der Waals surface area contributed by atoms with Gasteiger partial charge in [-0.3, -0.25) is 4.79 Å². The molecule has 1 N–H and O–H groups in total. The molecular weight excluding hydrogens is 359 g/mol. The van der Waals surface area contributed by atoms with Crippen LogP contribution in [0.3, 0.4) is 0 Å². The zero-order chi connectivity index (χ0) is 16.6. The Kier molecular flexibility index (Phi) is 5.94. The van der Waals surface area contributed by atoms with Gasteiger partial charge in [0.2, 0.25) is 5.91 Å². The van der Waals surface area contributed by atoms with E-state index in [0.717, 1.165) is 25.1 Å². The Balaban J connectivity index is 0.00000182. The van der Waals surface area contributed by atoms with Gasteiger partial charge in [-0.2, -0.15) is 0 Å². The summed E-state index contributed by atoms with van der Waals surface area (Å²) in [7, 11) is 0. The number of ether oxygens (including phenoxy) is 1. The smallest absolute Gasteiger partial charge is 0.230 e. The Bertz CT molecular complexity index is 627. The largest absolute Gasteiger partial charge is 0.370 e. The molecule has 2 saturated heterocycles. The molecule has 0 aromatic heterocycles. The van der Waals surface area contributed by atoms with Crippen LogP contribution in [-0.2, 0) is 9.53 Å². The number of carbonyl (C=O) groups excluding carboxylic acids is 1. The minimum Gasteiger partial charge on any atom is -0.370 e. The van der Waals surface area contributed by atoms with Gasteiger partial charge in [0.1, 0.15) is 6.10 Å². The van der Waals surface area contributed by atoms with Crippen molar-refractivity contribution in [2.75, 3.05) is 32.8 Å². The molecule has 3 atom stereocenters. The zero-order valence-corrected chi connectivity index (χ0v) is 16.0. The molecule has 1 aromatic rings. The van der Waals surface area contributed by atoms with Crippen LogP contribution in [-0.4, -0.2) is 43.6 Å². The zero-order valence-electron chi connectivity index (χ0n) is 14.4. The lowest BCUT2D eigenvalue weighted by Gasteiger charge is -2.43. The lowest BCUT2D eigenvalue weighted by atomic mass is 9.67. The van der Waals surface area contributed by atoms with Crippen molar-refractivity contribution in [3.05, 3.63) is 34.9 Å². The van der Waals surface area contributed by atoms with E-state index in [4.69, 9.17) is 16.3 Å². The number of nitrogens with one attached hydrogen (secondary N) is 1. The van der Waals surface area contributed by atoms with Gasteiger partial charge in [-0.25, -0.2) is 0 Å². The normalized spacial score (nSPS) is 32.0. The lowest BCUT2D eigenvalue weighted by Crippen LogP contribution is -2.53. The highest BCUT2D eigenvalue weighted by Gasteiger charge is 2.51. The number of rotatable bonds is 2. The molecule has 2 aliphatic heterocycles. The maximum atomic E-state index is 13.4. The van der Waals surface area contributed by atoms with Crippen molar-refractivity contribution in [2.45, 2.75) is 31.8 Å². The quantitative estimate of drug-likeness (QED) is 0.848. The summed E-state index contributed by atoms with van der Waals surface area (Å²) in [5.41, 5.74) is 0.805. The van der Waals surface area contributed by atoms with Gasteiger partial charge in [0.25, 0.3) is 0 Å². The molecule has 3 fully saturated rings. The van der Waals surface area contributed by atoms with Crippen molar-refractivity contribution in [1.29, 1.82) is 0 Å². The molecule has 1 aliphatic carbocycles. The molecule has 1 aromatic carbocycles.